The van der Waals surface area contributed by atoms with E-state index in [1.807, 2.05) is 6.92 Å². The van der Waals surface area contributed by atoms with Gasteiger partial charge in [-0.15, -0.1) is 0 Å². The molecule has 0 bridgehead atoms. The molecule has 0 aliphatic carbocycles. The minimum absolute atomic E-state index is 0.0191. The van der Waals surface area contributed by atoms with Crippen molar-refractivity contribution in [2.24, 2.45) is 4.99 Å². The summed E-state index contributed by atoms with van der Waals surface area (Å²) in [6.07, 6.45) is 4.55. The molecule has 1 rings (SSSR count). The molecule has 1 unspecified atom stereocenters. The van der Waals surface area contributed by atoms with Crippen molar-refractivity contribution in [3.8, 4) is 0 Å². The predicted octanol–water partition coefficient (Wildman–Crippen LogP) is 0.606. The highest BCUT2D eigenvalue weighted by atomic mass is 16.5. The fourth-order valence-electron chi connectivity index (χ4n) is 2.17. The minimum atomic E-state index is -0.0191. The zero-order valence-corrected chi connectivity index (χ0v) is 14.8. The van der Waals surface area contributed by atoms with E-state index in [9.17, 15) is 4.79 Å². The monoisotopic (exact) mass is 328 g/mol. The van der Waals surface area contributed by atoms with E-state index in [2.05, 4.69) is 15.6 Å². The van der Waals surface area contributed by atoms with Gasteiger partial charge in [0.1, 0.15) is 6.54 Å². The van der Waals surface area contributed by atoms with E-state index >= 15 is 0 Å². The van der Waals surface area contributed by atoms with E-state index in [0.717, 1.165) is 45.6 Å². The summed E-state index contributed by atoms with van der Waals surface area (Å²) in [5.74, 6) is 0.639. The maximum Gasteiger partial charge on any atom is 0.243 e. The van der Waals surface area contributed by atoms with E-state index in [-0.39, 0.29) is 18.6 Å². The lowest BCUT2D eigenvalue weighted by Gasteiger charge is -2.24. The average molecular weight is 328 g/mol. The number of carbonyl (C=O) groups is 1. The van der Waals surface area contributed by atoms with Crippen LogP contribution in [-0.4, -0.2) is 76.4 Å². The summed E-state index contributed by atoms with van der Waals surface area (Å²) in [6.45, 7) is 5.88. The summed E-state index contributed by atoms with van der Waals surface area (Å²) in [7, 11) is 3.46. The number of likely N-dealkylation sites (N-methyl/N-ethyl adjacent to an activating group) is 1. The standard InChI is InChI=1S/C16H32N4O3/c1-4-22-10-7-9-17-16(19-13-15(21)20(2)3)18-12-14-8-5-6-11-23-14/h14H,4-13H2,1-3H3,(H2,17,18,19). The largest absolute Gasteiger partial charge is 0.382 e. The molecule has 1 atom stereocenters. The third-order valence-electron chi connectivity index (χ3n) is 3.60. The topological polar surface area (TPSA) is 75.2 Å². The molecule has 1 aliphatic rings. The zero-order valence-electron chi connectivity index (χ0n) is 14.8. The average Bonchev–Trinajstić information content (AvgIpc) is 2.56. The van der Waals surface area contributed by atoms with Crippen LogP contribution in [0.3, 0.4) is 0 Å². The molecule has 1 fully saturated rings. The number of aliphatic imine (C=N–C) groups is 1. The summed E-state index contributed by atoms with van der Waals surface area (Å²) in [6, 6.07) is 0. The summed E-state index contributed by atoms with van der Waals surface area (Å²) >= 11 is 0. The number of guanidine groups is 1. The van der Waals surface area contributed by atoms with Crippen LogP contribution in [0, 0.1) is 0 Å². The van der Waals surface area contributed by atoms with Crippen LogP contribution in [0.25, 0.3) is 0 Å². The third kappa shape index (κ3) is 9.40. The van der Waals surface area contributed by atoms with Crippen LogP contribution in [0.5, 0.6) is 0 Å². The number of nitrogens with zero attached hydrogens (tertiary/aromatic N) is 2. The van der Waals surface area contributed by atoms with E-state index in [1.165, 1.54) is 6.42 Å². The molecule has 0 saturated carbocycles. The molecule has 1 saturated heterocycles. The van der Waals surface area contributed by atoms with Gasteiger partial charge in [0, 0.05) is 47.0 Å². The number of rotatable bonds is 9. The Morgan fingerprint density at radius 1 is 1.35 bits per heavy atom. The first-order valence-corrected chi connectivity index (χ1v) is 8.55. The minimum Gasteiger partial charge on any atom is -0.382 e. The maximum absolute atomic E-state index is 11.7. The number of hydrogen-bond donors (Lipinski definition) is 2. The second-order valence-electron chi connectivity index (χ2n) is 5.80. The van der Waals surface area contributed by atoms with Gasteiger partial charge in [0.2, 0.25) is 5.91 Å². The van der Waals surface area contributed by atoms with Crippen molar-refractivity contribution in [2.45, 2.75) is 38.7 Å². The van der Waals surface area contributed by atoms with Gasteiger partial charge in [0.05, 0.1) is 6.10 Å². The Bertz CT molecular complexity index is 355. The fourth-order valence-corrected chi connectivity index (χ4v) is 2.17. The van der Waals surface area contributed by atoms with Crippen LogP contribution >= 0.6 is 0 Å². The van der Waals surface area contributed by atoms with Crippen molar-refractivity contribution in [1.29, 1.82) is 0 Å². The lowest BCUT2D eigenvalue weighted by Crippen LogP contribution is -2.43. The van der Waals surface area contributed by atoms with Crippen molar-refractivity contribution in [3.63, 3.8) is 0 Å². The highest BCUT2D eigenvalue weighted by Gasteiger charge is 2.14. The second-order valence-corrected chi connectivity index (χ2v) is 5.80. The zero-order chi connectivity index (χ0) is 16.9. The van der Waals surface area contributed by atoms with Gasteiger partial charge < -0.3 is 25.0 Å². The Labute approximate surface area is 139 Å². The Morgan fingerprint density at radius 3 is 2.83 bits per heavy atom. The van der Waals surface area contributed by atoms with E-state index < -0.39 is 0 Å². The van der Waals surface area contributed by atoms with Gasteiger partial charge >= 0.3 is 0 Å². The quantitative estimate of drug-likeness (QED) is 0.368. The van der Waals surface area contributed by atoms with Crippen LogP contribution in [0.2, 0.25) is 0 Å². The maximum atomic E-state index is 11.7. The first-order chi connectivity index (χ1) is 11.1. The Kier molecular flexibility index (Phi) is 10.4. The van der Waals surface area contributed by atoms with Crippen LogP contribution in [0.1, 0.15) is 32.6 Å². The molecule has 7 heteroatoms. The summed E-state index contributed by atoms with van der Waals surface area (Å²) in [4.78, 5) is 17.6. The summed E-state index contributed by atoms with van der Waals surface area (Å²) in [5, 5.41) is 6.52. The van der Waals surface area contributed by atoms with Crippen molar-refractivity contribution < 1.29 is 14.3 Å². The van der Waals surface area contributed by atoms with E-state index in [0.29, 0.717) is 12.5 Å². The molecule has 0 spiro atoms. The number of hydrogen-bond acceptors (Lipinski definition) is 4. The number of amides is 1. The molecule has 0 aromatic carbocycles. The molecule has 0 aromatic heterocycles. The van der Waals surface area contributed by atoms with Crippen molar-refractivity contribution in [2.75, 3.05) is 53.6 Å². The second kappa shape index (κ2) is 12.1. The molecular weight excluding hydrogens is 296 g/mol. The van der Waals surface area contributed by atoms with Gasteiger partial charge in [-0.2, -0.15) is 0 Å². The van der Waals surface area contributed by atoms with Crippen LogP contribution in [0.4, 0.5) is 0 Å². The molecule has 23 heavy (non-hydrogen) atoms. The normalized spacial score (nSPS) is 18.6. The van der Waals surface area contributed by atoms with E-state index in [4.69, 9.17) is 9.47 Å². The van der Waals surface area contributed by atoms with Gasteiger partial charge in [-0.25, -0.2) is 4.99 Å². The van der Waals surface area contributed by atoms with Gasteiger partial charge in [-0.1, -0.05) is 0 Å². The highest BCUT2D eigenvalue weighted by Crippen LogP contribution is 2.11. The van der Waals surface area contributed by atoms with Crippen LogP contribution in [0.15, 0.2) is 4.99 Å². The molecular formula is C16H32N4O3. The van der Waals surface area contributed by atoms with Crippen molar-refractivity contribution >= 4 is 11.9 Å². The lowest BCUT2D eigenvalue weighted by molar-refractivity contribution is -0.127. The van der Waals surface area contributed by atoms with Crippen LogP contribution < -0.4 is 10.6 Å². The Morgan fingerprint density at radius 2 is 2.17 bits per heavy atom. The molecule has 0 radical (unpaired) electrons. The number of ether oxygens (including phenoxy) is 2. The Hall–Kier alpha value is -1.34. The van der Waals surface area contributed by atoms with Gasteiger partial charge in [-0.05, 0) is 32.6 Å². The van der Waals surface area contributed by atoms with Crippen molar-refractivity contribution in [3.05, 3.63) is 0 Å². The molecule has 2 N–H and O–H groups in total. The molecule has 1 amide bonds. The van der Waals surface area contributed by atoms with Crippen LogP contribution in [-0.2, 0) is 14.3 Å². The number of nitrogens with one attached hydrogen (secondary N) is 2. The molecule has 1 heterocycles. The molecule has 7 nitrogen and oxygen atoms in total. The SMILES string of the molecule is CCOCCCNC(=NCC(=O)N(C)C)NCC1CCCCO1. The van der Waals surface area contributed by atoms with E-state index in [1.54, 1.807) is 19.0 Å². The summed E-state index contributed by atoms with van der Waals surface area (Å²) < 4.78 is 11.0. The van der Waals surface area contributed by atoms with Gasteiger partial charge in [-0.3, -0.25) is 4.79 Å². The third-order valence-corrected chi connectivity index (χ3v) is 3.60. The van der Waals surface area contributed by atoms with Gasteiger partial charge in [0.25, 0.3) is 0 Å². The molecule has 134 valence electrons. The predicted molar refractivity (Wildman–Crippen MR) is 91.7 cm³/mol. The Balaban J connectivity index is 2.39. The number of carbonyl (C=O) groups excluding carboxylic acids is 1. The molecule has 0 aromatic rings. The lowest BCUT2D eigenvalue weighted by atomic mass is 10.1. The van der Waals surface area contributed by atoms with Gasteiger partial charge in [0.15, 0.2) is 5.96 Å². The summed E-state index contributed by atoms with van der Waals surface area (Å²) in [5.41, 5.74) is 0. The molecule has 1 aliphatic heterocycles. The first kappa shape index (κ1) is 19.7. The first-order valence-electron chi connectivity index (χ1n) is 8.55. The fraction of sp³-hybridized carbons (Fsp3) is 0.875. The smallest absolute Gasteiger partial charge is 0.243 e. The highest BCUT2D eigenvalue weighted by molar-refractivity contribution is 5.84. The van der Waals surface area contributed by atoms with Crippen molar-refractivity contribution in [1.82, 2.24) is 15.5 Å².